The molecule has 1 aromatic rings. The van der Waals surface area contributed by atoms with Crippen LogP contribution in [0, 0.1) is 11.6 Å². The van der Waals surface area contributed by atoms with Crippen LogP contribution >= 0.6 is 15.9 Å². The predicted molar refractivity (Wildman–Crippen MR) is 60.9 cm³/mol. The highest BCUT2D eigenvalue weighted by molar-refractivity contribution is 9.10. The lowest BCUT2D eigenvalue weighted by molar-refractivity contribution is 0.198. The van der Waals surface area contributed by atoms with Gasteiger partial charge in [0.25, 0.3) is 0 Å². The van der Waals surface area contributed by atoms with E-state index in [0.29, 0.717) is 0 Å². The molecule has 96 valence electrons. The predicted octanol–water partition coefficient (Wildman–Crippen LogP) is 1.39. The van der Waals surface area contributed by atoms with E-state index in [1.165, 1.54) is 6.92 Å². The average molecular weight is 330 g/mol. The first-order valence-electron chi connectivity index (χ1n) is 4.57. The van der Waals surface area contributed by atoms with Gasteiger partial charge in [0, 0.05) is 6.54 Å². The van der Waals surface area contributed by atoms with E-state index >= 15 is 0 Å². The normalized spacial score (nSPS) is 13.7. The maximum atomic E-state index is 13.5. The molecule has 1 atom stereocenters. The summed E-state index contributed by atoms with van der Waals surface area (Å²) in [6, 6.07) is 1.66. The minimum Gasteiger partial charge on any atom is -0.392 e. The maximum Gasteiger partial charge on any atom is 0.243 e. The van der Waals surface area contributed by atoms with E-state index < -0.39 is 37.1 Å². The van der Waals surface area contributed by atoms with E-state index in [1.807, 2.05) is 4.72 Å². The van der Waals surface area contributed by atoms with Crippen molar-refractivity contribution in [2.24, 2.45) is 0 Å². The van der Waals surface area contributed by atoms with Crippen molar-refractivity contribution >= 4 is 26.0 Å². The Kier molecular flexibility index (Phi) is 4.59. The summed E-state index contributed by atoms with van der Waals surface area (Å²) in [5.74, 6) is -2.10. The Hall–Kier alpha value is -0.570. The molecule has 0 spiro atoms. The molecular formula is C9H10BrF2NO3S. The largest absolute Gasteiger partial charge is 0.392 e. The van der Waals surface area contributed by atoms with Crippen molar-refractivity contribution in [1.82, 2.24) is 4.72 Å². The third-order valence-corrected chi connectivity index (χ3v) is 4.03. The molecule has 0 aliphatic heterocycles. The van der Waals surface area contributed by atoms with Crippen LogP contribution < -0.4 is 4.72 Å². The number of aliphatic hydroxyl groups is 1. The Labute approximate surface area is 106 Å². The van der Waals surface area contributed by atoms with Crippen molar-refractivity contribution in [1.29, 1.82) is 0 Å². The fraction of sp³-hybridized carbons (Fsp3) is 0.333. The van der Waals surface area contributed by atoms with Gasteiger partial charge in [-0.2, -0.15) is 0 Å². The number of aliphatic hydroxyl groups excluding tert-OH is 1. The summed E-state index contributed by atoms with van der Waals surface area (Å²) in [7, 11) is -4.11. The van der Waals surface area contributed by atoms with Gasteiger partial charge in [0.05, 0.1) is 10.6 Å². The van der Waals surface area contributed by atoms with Gasteiger partial charge >= 0.3 is 0 Å². The summed E-state index contributed by atoms with van der Waals surface area (Å²) in [6.45, 7) is 1.12. The minimum atomic E-state index is -4.11. The molecule has 0 saturated carbocycles. The van der Waals surface area contributed by atoms with Gasteiger partial charge < -0.3 is 5.11 Å². The summed E-state index contributed by atoms with van der Waals surface area (Å²) in [5, 5.41) is 8.94. The molecule has 0 unspecified atom stereocenters. The molecule has 4 nitrogen and oxygen atoms in total. The third-order valence-electron chi connectivity index (χ3n) is 1.86. The molecule has 0 fully saturated rings. The van der Waals surface area contributed by atoms with E-state index in [1.54, 1.807) is 0 Å². The second kappa shape index (κ2) is 5.38. The summed E-state index contributed by atoms with van der Waals surface area (Å²) < 4.78 is 51.1. The van der Waals surface area contributed by atoms with Gasteiger partial charge in [-0.1, -0.05) is 0 Å². The number of sulfonamides is 1. The molecule has 0 amide bonds. The van der Waals surface area contributed by atoms with Gasteiger partial charge in [-0.25, -0.2) is 21.9 Å². The van der Waals surface area contributed by atoms with Crippen molar-refractivity contribution < 1.29 is 22.3 Å². The average Bonchev–Trinajstić information content (AvgIpc) is 2.23. The Morgan fingerprint density at radius 3 is 2.59 bits per heavy atom. The van der Waals surface area contributed by atoms with Crippen LogP contribution in [-0.4, -0.2) is 26.2 Å². The quantitative estimate of drug-likeness (QED) is 0.820. The second-order valence-electron chi connectivity index (χ2n) is 3.37. The maximum absolute atomic E-state index is 13.5. The third kappa shape index (κ3) is 3.44. The highest BCUT2D eigenvalue weighted by Crippen LogP contribution is 2.25. The minimum absolute atomic E-state index is 0.253. The van der Waals surface area contributed by atoms with Crippen molar-refractivity contribution in [3.8, 4) is 0 Å². The molecule has 0 aliphatic carbocycles. The molecule has 0 aromatic heterocycles. The van der Waals surface area contributed by atoms with Crippen LogP contribution in [0.4, 0.5) is 8.78 Å². The first-order chi connectivity index (χ1) is 7.75. The lowest BCUT2D eigenvalue weighted by atomic mass is 10.3. The number of halogens is 3. The van der Waals surface area contributed by atoms with E-state index in [9.17, 15) is 17.2 Å². The van der Waals surface area contributed by atoms with Gasteiger partial charge in [-0.15, -0.1) is 0 Å². The lowest BCUT2D eigenvalue weighted by Gasteiger charge is -2.10. The summed E-state index contributed by atoms with van der Waals surface area (Å²) in [4.78, 5) is -0.675. The van der Waals surface area contributed by atoms with Crippen LogP contribution in [-0.2, 0) is 10.0 Å². The number of hydrogen-bond acceptors (Lipinski definition) is 3. The Morgan fingerprint density at radius 2 is 2.06 bits per heavy atom. The Bertz CT molecular complexity index is 519. The number of benzene rings is 1. The topological polar surface area (TPSA) is 66.4 Å². The molecule has 0 heterocycles. The SMILES string of the molecule is C[C@H](O)CNS(=O)(=O)c1ccc(F)c(Br)c1F. The van der Waals surface area contributed by atoms with Crippen LogP contribution in [0.5, 0.6) is 0 Å². The number of rotatable bonds is 4. The molecule has 0 radical (unpaired) electrons. The van der Waals surface area contributed by atoms with Crippen LogP contribution in [0.1, 0.15) is 6.92 Å². The fourth-order valence-corrected chi connectivity index (χ4v) is 2.70. The molecule has 17 heavy (non-hydrogen) atoms. The lowest BCUT2D eigenvalue weighted by Crippen LogP contribution is -2.31. The van der Waals surface area contributed by atoms with Crippen molar-refractivity contribution in [3.63, 3.8) is 0 Å². The van der Waals surface area contributed by atoms with E-state index in [2.05, 4.69) is 15.9 Å². The van der Waals surface area contributed by atoms with Gasteiger partial charge in [0.1, 0.15) is 10.7 Å². The van der Waals surface area contributed by atoms with Gasteiger partial charge in [-0.3, -0.25) is 0 Å². The number of nitrogens with one attached hydrogen (secondary N) is 1. The molecule has 2 N–H and O–H groups in total. The van der Waals surface area contributed by atoms with Crippen molar-refractivity contribution in [3.05, 3.63) is 28.2 Å². The molecule has 1 aromatic carbocycles. The van der Waals surface area contributed by atoms with E-state index in [0.717, 1.165) is 12.1 Å². The highest BCUT2D eigenvalue weighted by Gasteiger charge is 2.22. The van der Waals surface area contributed by atoms with Crippen molar-refractivity contribution in [2.75, 3.05) is 6.54 Å². The molecule has 0 saturated heterocycles. The fourth-order valence-electron chi connectivity index (χ4n) is 1.02. The van der Waals surface area contributed by atoms with Crippen LogP contribution in [0.3, 0.4) is 0 Å². The molecule has 8 heteroatoms. The molecular weight excluding hydrogens is 320 g/mol. The van der Waals surface area contributed by atoms with Gasteiger partial charge in [0.15, 0.2) is 5.82 Å². The zero-order valence-electron chi connectivity index (χ0n) is 8.75. The van der Waals surface area contributed by atoms with E-state index in [4.69, 9.17) is 5.11 Å². The highest BCUT2D eigenvalue weighted by atomic mass is 79.9. The summed E-state index contributed by atoms with van der Waals surface area (Å²) >= 11 is 2.61. The number of hydrogen-bond donors (Lipinski definition) is 2. The zero-order chi connectivity index (χ0) is 13.2. The molecule has 0 bridgehead atoms. The molecule has 1 rings (SSSR count). The second-order valence-corrected chi connectivity index (χ2v) is 5.90. The van der Waals surface area contributed by atoms with E-state index in [-0.39, 0.29) is 6.54 Å². The Morgan fingerprint density at radius 1 is 1.47 bits per heavy atom. The zero-order valence-corrected chi connectivity index (χ0v) is 11.1. The van der Waals surface area contributed by atoms with Gasteiger partial charge in [-0.05, 0) is 35.0 Å². The Balaban J connectivity index is 3.12. The monoisotopic (exact) mass is 329 g/mol. The molecule has 0 aliphatic rings. The van der Waals surface area contributed by atoms with Crippen LogP contribution in [0.25, 0.3) is 0 Å². The first kappa shape index (κ1) is 14.5. The van der Waals surface area contributed by atoms with Crippen LogP contribution in [0.15, 0.2) is 21.5 Å². The summed E-state index contributed by atoms with van der Waals surface area (Å²) in [6.07, 6.45) is -0.906. The smallest absolute Gasteiger partial charge is 0.243 e. The summed E-state index contributed by atoms with van der Waals surface area (Å²) in [5.41, 5.74) is 0. The van der Waals surface area contributed by atoms with Crippen LogP contribution in [0.2, 0.25) is 0 Å². The van der Waals surface area contributed by atoms with Gasteiger partial charge in [0.2, 0.25) is 10.0 Å². The first-order valence-corrected chi connectivity index (χ1v) is 6.84. The van der Waals surface area contributed by atoms with Crippen molar-refractivity contribution in [2.45, 2.75) is 17.9 Å². The standard InChI is InChI=1S/C9H10BrF2NO3S/c1-5(14)4-13-17(15,16)7-3-2-6(11)8(10)9(7)12/h2-3,5,13-14H,4H2,1H3/t5-/m0/s1.